The zero-order chi connectivity index (χ0) is 42.3. The molecule has 0 aromatic heterocycles. The van der Waals surface area contributed by atoms with Crippen LogP contribution in [-0.4, -0.2) is 43.3 Å². The lowest BCUT2D eigenvalue weighted by Gasteiger charge is -2.19. The number of unbranched alkanes of at least 4 members (excludes halogenated alkanes) is 36. The van der Waals surface area contributed by atoms with Crippen molar-refractivity contribution in [3.63, 3.8) is 0 Å². The van der Waals surface area contributed by atoms with Gasteiger partial charge in [0.05, 0.1) is 19.5 Å². The molecule has 2 atom stereocenters. The Morgan fingerprint density at radius 1 is 0.517 bits per heavy atom. The van der Waals surface area contributed by atoms with Crippen molar-refractivity contribution in [3.8, 4) is 0 Å². The minimum atomic E-state index is -4.29. The number of phosphoric ester groups is 1. The first-order valence-corrected chi connectivity index (χ1v) is 26.7. The molecular weight excluding hydrogens is 746 g/mol. The average Bonchev–Trinajstić information content (AvgIpc) is 3.21. The van der Waals surface area contributed by atoms with E-state index in [1.165, 1.54) is 212 Å². The smallest absolute Gasteiger partial charge is 0.472 e. The molecule has 0 spiro atoms. The molecule has 0 radical (unpaired) electrons. The van der Waals surface area contributed by atoms with Gasteiger partial charge in [0.25, 0.3) is 0 Å². The molecule has 1 unspecified atom stereocenters. The molecule has 0 heterocycles. The van der Waals surface area contributed by atoms with E-state index < -0.39 is 13.9 Å². The number of allylic oxidation sites excluding steroid dienone is 1. The summed E-state index contributed by atoms with van der Waals surface area (Å²) in [6.07, 6.45) is 53.4. The predicted octanol–water partition coefficient (Wildman–Crippen LogP) is 15.8. The lowest BCUT2D eigenvalue weighted by molar-refractivity contribution is -0.153. The van der Waals surface area contributed by atoms with Crippen molar-refractivity contribution < 1.29 is 32.8 Å². The number of esters is 1. The highest BCUT2D eigenvalue weighted by molar-refractivity contribution is 7.47. The van der Waals surface area contributed by atoms with Gasteiger partial charge in [0.2, 0.25) is 0 Å². The molecule has 58 heavy (non-hydrogen) atoms. The molecule has 0 aromatic carbocycles. The minimum Gasteiger partial charge on any atom is -0.498 e. The number of nitrogens with two attached hydrogens (primary N) is 1. The fourth-order valence-corrected chi connectivity index (χ4v) is 8.32. The standard InChI is InChI=1S/C49H98NO7P/c1-3-5-7-9-11-13-15-17-19-21-23-24-25-26-28-30-32-34-36-38-40-42-49(51)57-48(47-56-58(52,53)55-45-43-50)46-54-44-41-39-37-35-33-31-29-27-22-20-18-16-14-12-10-8-6-4-2/h41,44,48H,3-40,42-43,45-47,50H2,1-2H3,(H,52,53)/b44-41+/t48-/m1/s1. The second-order valence-electron chi connectivity index (χ2n) is 17.1. The number of hydrogen-bond acceptors (Lipinski definition) is 7. The SMILES string of the molecule is CCCCCCCCCCCCCCCCCC/C=C/OC[C@H](COP(=O)(O)OCCN)OC(=O)CCCCCCCCCCCCCCCCCCCCCCC. The quantitative estimate of drug-likeness (QED) is 0.0269. The van der Waals surface area contributed by atoms with Gasteiger partial charge in [-0.1, -0.05) is 239 Å². The number of rotatable bonds is 49. The van der Waals surface area contributed by atoms with Crippen molar-refractivity contribution in [1.82, 2.24) is 0 Å². The number of carbonyl (C=O) groups is 1. The molecule has 0 saturated heterocycles. The van der Waals surface area contributed by atoms with E-state index in [1.807, 2.05) is 6.08 Å². The highest BCUT2D eigenvalue weighted by Gasteiger charge is 2.25. The third-order valence-electron chi connectivity index (χ3n) is 11.3. The minimum absolute atomic E-state index is 0.0391. The van der Waals surface area contributed by atoms with E-state index in [1.54, 1.807) is 6.26 Å². The van der Waals surface area contributed by atoms with Crippen LogP contribution in [0.25, 0.3) is 0 Å². The van der Waals surface area contributed by atoms with Crippen molar-refractivity contribution in [3.05, 3.63) is 12.3 Å². The average molecular weight is 844 g/mol. The molecule has 0 amide bonds. The molecule has 3 N–H and O–H groups in total. The Morgan fingerprint density at radius 2 is 0.862 bits per heavy atom. The van der Waals surface area contributed by atoms with E-state index in [0.717, 1.165) is 32.1 Å². The van der Waals surface area contributed by atoms with Crippen LogP contribution in [0.15, 0.2) is 12.3 Å². The highest BCUT2D eigenvalue weighted by atomic mass is 31.2. The summed E-state index contributed by atoms with van der Waals surface area (Å²) in [4.78, 5) is 22.5. The lowest BCUT2D eigenvalue weighted by atomic mass is 10.0. The van der Waals surface area contributed by atoms with E-state index in [4.69, 9.17) is 24.3 Å². The molecule has 0 saturated carbocycles. The normalized spacial score (nSPS) is 13.3. The maximum Gasteiger partial charge on any atom is 0.472 e. The summed E-state index contributed by atoms with van der Waals surface area (Å²) in [6, 6.07) is 0. The summed E-state index contributed by atoms with van der Waals surface area (Å²) >= 11 is 0. The van der Waals surface area contributed by atoms with Crippen LogP contribution in [-0.2, 0) is 27.9 Å². The van der Waals surface area contributed by atoms with Crippen LogP contribution < -0.4 is 5.73 Å². The largest absolute Gasteiger partial charge is 0.498 e. The number of phosphoric acid groups is 1. The van der Waals surface area contributed by atoms with Crippen molar-refractivity contribution in [1.29, 1.82) is 0 Å². The first kappa shape index (κ1) is 57.1. The number of hydrogen-bond donors (Lipinski definition) is 2. The Bertz CT molecular complexity index is 904. The number of carbonyl (C=O) groups excluding carboxylic acids is 1. The third kappa shape index (κ3) is 46.2. The first-order valence-electron chi connectivity index (χ1n) is 25.2. The number of ether oxygens (including phenoxy) is 2. The fourth-order valence-electron chi connectivity index (χ4n) is 7.55. The Balaban J connectivity index is 3.94. The maximum absolute atomic E-state index is 12.6. The molecule has 9 heteroatoms. The van der Waals surface area contributed by atoms with Crippen LogP contribution in [0.3, 0.4) is 0 Å². The molecular formula is C49H98NO7P. The molecule has 0 aliphatic heterocycles. The summed E-state index contributed by atoms with van der Waals surface area (Å²) in [5.74, 6) is -0.345. The predicted molar refractivity (Wildman–Crippen MR) is 247 cm³/mol. The Labute approximate surface area is 360 Å². The fraction of sp³-hybridized carbons (Fsp3) is 0.939. The Kier molecular flexibility index (Phi) is 46.4. The summed E-state index contributed by atoms with van der Waals surface area (Å²) < 4.78 is 33.3. The van der Waals surface area contributed by atoms with Crippen LogP contribution in [0.5, 0.6) is 0 Å². The van der Waals surface area contributed by atoms with Gasteiger partial charge < -0.3 is 20.1 Å². The summed E-state index contributed by atoms with van der Waals surface area (Å²) in [5, 5.41) is 0. The molecule has 0 aliphatic carbocycles. The van der Waals surface area contributed by atoms with Crippen molar-refractivity contribution in [2.45, 2.75) is 270 Å². The molecule has 0 bridgehead atoms. The van der Waals surface area contributed by atoms with Crippen LogP contribution >= 0.6 is 7.82 Å². The van der Waals surface area contributed by atoms with Gasteiger partial charge in [0, 0.05) is 13.0 Å². The van der Waals surface area contributed by atoms with E-state index >= 15 is 0 Å². The summed E-state index contributed by atoms with van der Waals surface area (Å²) in [7, 11) is -4.29. The van der Waals surface area contributed by atoms with Gasteiger partial charge >= 0.3 is 13.8 Å². The van der Waals surface area contributed by atoms with Crippen molar-refractivity contribution in [2.75, 3.05) is 26.4 Å². The Hall–Kier alpha value is -0.920. The highest BCUT2D eigenvalue weighted by Crippen LogP contribution is 2.43. The van der Waals surface area contributed by atoms with Crippen molar-refractivity contribution >= 4 is 13.8 Å². The van der Waals surface area contributed by atoms with Crippen LogP contribution in [0, 0.1) is 0 Å². The van der Waals surface area contributed by atoms with Gasteiger partial charge in [-0.3, -0.25) is 13.8 Å². The maximum atomic E-state index is 12.6. The summed E-state index contributed by atoms with van der Waals surface area (Å²) in [5.41, 5.74) is 5.38. The van der Waals surface area contributed by atoms with Gasteiger partial charge in [-0.25, -0.2) is 4.57 Å². The molecule has 8 nitrogen and oxygen atoms in total. The Morgan fingerprint density at radius 3 is 1.22 bits per heavy atom. The van der Waals surface area contributed by atoms with Gasteiger partial charge in [0.1, 0.15) is 6.61 Å². The summed E-state index contributed by atoms with van der Waals surface area (Å²) in [6.45, 7) is 4.30. The van der Waals surface area contributed by atoms with Crippen molar-refractivity contribution in [2.24, 2.45) is 5.73 Å². The van der Waals surface area contributed by atoms with Crippen LogP contribution in [0.4, 0.5) is 0 Å². The van der Waals surface area contributed by atoms with Gasteiger partial charge in [-0.15, -0.1) is 0 Å². The molecule has 346 valence electrons. The first-order chi connectivity index (χ1) is 28.4. The molecule has 0 fully saturated rings. The second-order valence-corrected chi connectivity index (χ2v) is 18.6. The zero-order valence-electron chi connectivity index (χ0n) is 38.6. The van der Waals surface area contributed by atoms with E-state index in [9.17, 15) is 14.3 Å². The molecule has 0 aromatic rings. The van der Waals surface area contributed by atoms with Gasteiger partial charge in [-0.05, 0) is 25.3 Å². The zero-order valence-corrected chi connectivity index (χ0v) is 39.5. The van der Waals surface area contributed by atoms with Gasteiger partial charge in [-0.2, -0.15) is 0 Å². The van der Waals surface area contributed by atoms with Gasteiger partial charge in [0.15, 0.2) is 6.10 Å². The van der Waals surface area contributed by atoms with Crippen LogP contribution in [0.1, 0.15) is 264 Å². The van der Waals surface area contributed by atoms with E-state index in [0.29, 0.717) is 6.42 Å². The molecule has 0 rings (SSSR count). The van der Waals surface area contributed by atoms with E-state index in [-0.39, 0.29) is 32.3 Å². The third-order valence-corrected chi connectivity index (χ3v) is 12.3. The topological polar surface area (TPSA) is 117 Å². The molecule has 0 aliphatic rings. The lowest BCUT2D eigenvalue weighted by Crippen LogP contribution is -2.27. The van der Waals surface area contributed by atoms with Crippen LogP contribution in [0.2, 0.25) is 0 Å². The monoisotopic (exact) mass is 844 g/mol. The second kappa shape index (κ2) is 47.1. The van der Waals surface area contributed by atoms with E-state index in [2.05, 4.69) is 13.8 Å².